The molecule has 0 radical (unpaired) electrons. The molecule has 13 heteroatoms. The number of hydrogen-bond donors (Lipinski definition) is 1. The number of nitrogens with one attached hydrogen (secondary N) is 1. The molecular formula is C30H32BrClF3N3O4S. The van der Waals surface area contributed by atoms with Crippen LogP contribution < -0.4 is 9.62 Å². The summed E-state index contributed by atoms with van der Waals surface area (Å²) in [4.78, 5) is 27.9. The molecule has 0 bridgehead atoms. The van der Waals surface area contributed by atoms with Crippen molar-refractivity contribution in [1.82, 2.24) is 10.2 Å². The van der Waals surface area contributed by atoms with E-state index in [1.807, 2.05) is 6.92 Å². The minimum atomic E-state index is -4.88. The van der Waals surface area contributed by atoms with Gasteiger partial charge in [0.1, 0.15) is 12.6 Å². The summed E-state index contributed by atoms with van der Waals surface area (Å²) in [5.41, 5.74) is -0.243. The number of aryl methyl sites for hydroxylation is 1. The van der Waals surface area contributed by atoms with Gasteiger partial charge in [-0.15, -0.1) is 0 Å². The van der Waals surface area contributed by atoms with Gasteiger partial charge in [0, 0.05) is 17.6 Å². The molecule has 1 atom stereocenters. The summed E-state index contributed by atoms with van der Waals surface area (Å²) in [6.45, 7) is 4.68. The van der Waals surface area contributed by atoms with Gasteiger partial charge in [0.25, 0.3) is 10.0 Å². The summed E-state index contributed by atoms with van der Waals surface area (Å²) in [5.74, 6) is -1.24. The van der Waals surface area contributed by atoms with Crippen LogP contribution in [-0.2, 0) is 32.3 Å². The zero-order chi connectivity index (χ0) is 31.9. The molecule has 0 aliphatic heterocycles. The van der Waals surface area contributed by atoms with Gasteiger partial charge in [0.2, 0.25) is 11.8 Å². The molecule has 232 valence electrons. The van der Waals surface area contributed by atoms with Crippen molar-refractivity contribution < 1.29 is 31.2 Å². The molecule has 2 amide bonds. The average Bonchev–Trinajstić information content (AvgIpc) is 2.95. The Morgan fingerprint density at radius 3 is 2.23 bits per heavy atom. The third kappa shape index (κ3) is 8.96. The van der Waals surface area contributed by atoms with Crippen molar-refractivity contribution in [3.8, 4) is 0 Å². The fourth-order valence-corrected chi connectivity index (χ4v) is 6.05. The highest BCUT2D eigenvalue weighted by atomic mass is 79.9. The first kappa shape index (κ1) is 34.4. The van der Waals surface area contributed by atoms with E-state index in [0.29, 0.717) is 22.5 Å². The molecule has 0 fully saturated rings. The van der Waals surface area contributed by atoms with E-state index in [0.717, 1.165) is 35.0 Å². The van der Waals surface area contributed by atoms with Crippen LogP contribution in [0.25, 0.3) is 0 Å². The lowest BCUT2D eigenvalue weighted by Crippen LogP contribution is -2.51. The van der Waals surface area contributed by atoms with E-state index in [-0.39, 0.29) is 11.4 Å². The maximum atomic E-state index is 13.9. The van der Waals surface area contributed by atoms with Crippen molar-refractivity contribution in [3.63, 3.8) is 0 Å². The summed E-state index contributed by atoms with van der Waals surface area (Å²) in [6.07, 6.45) is -3.32. The first-order chi connectivity index (χ1) is 20.1. The van der Waals surface area contributed by atoms with Gasteiger partial charge in [-0.2, -0.15) is 13.2 Å². The number of unbranched alkanes of at least 4 members (excludes halogenated alkanes) is 1. The Morgan fingerprint density at radius 1 is 1.02 bits per heavy atom. The van der Waals surface area contributed by atoms with Crippen LogP contribution in [-0.4, -0.2) is 44.3 Å². The second-order valence-corrected chi connectivity index (χ2v) is 13.1. The third-order valence-electron chi connectivity index (χ3n) is 6.69. The molecule has 0 heterocycles. The van der Waals surface area contributed by atoms with Crippen LogP contribution in [0, 0.1) is 6.92 Å². The average molecular weight is 703 g/mol. The van der Waals surface area contributed by atoms with E-state index in [1.54, 1.807) is 43.3 Å². The monoisotopic (exact) mass is 701 g/mol. The number of anilines is 1. The van der Waals surface area contributed by atoms with E-state index < -0.39 is 56.9 Å². The molecular weight excluding hydrogens is 671 g/mol. The van der Waals surface area contributed by atoms with Crippen molar-refractivity contribution in [3.05, 3.63) is 92.9 Å². The first-order valence-electron chi connectivity index (χ1n) is 13.4. The van der Waals surface area contributed by atoms with Crippen LogP contribution in [0.3, 0.4) is 0 Å². The number of hydrogen-bond acceptors (Lipinski definition) is 4. The Bertz CT molecular complexity index is 1540. The Labute approximate surface area is 263 Å². The predicted octanol–water partition coefficient (Wildman–Crippen LogP) is 6.96. The molecule has 0 saturated heterocycles. The smallest absolute Gasteiger partial charge is 0.354 e. The second-order valence-electron chi connectivity index (χ2n) is 9.96. The predicted molar refractivity (Wildman–Crippen MR) is 164 cm³/mol. The van der Waals surface area contributed by atoms with E-state index in [2.05, 4.69) is 21.2 Å². The molecule has 1 unspecified atom stereocenters. The van der Waals surface area contributed by atoms with E-state index in [9.17, 15) is 31.2 Å². The summed E-state index contributed by atoms with van der Waals surface area (Å²) in [5, 5.41) is 2.16. The number of carbonyl (C=O) groups excluding carboxylic acids is 2. The fourth-order valence-electron chi connectivity index (χ4n) is 4.16. The van der Waals surface area contributed by atoms with E-state index >= 15 is 0 Å². The molecule has 3 rings (SSSR count). The van der Waals surface area contributed by atoms with Crippen molar-refractivity contribution >= 4 is 55.1 Å². The first-order valence-corrected chi connectivity index (χ1v) is 16.0. The number of benzene rings is 3. The lowest BCUT2D eigenvalue weighted by molar-refractivity contribution is -0.139. The number of amides is 2. The number of halogens is 5. The van der Waals surface area contributed by atoms with Crippen molar-refractivity contribution in [1.29, 1.82) is 0 Å². The van der Waals surface area contributed by atoms with Crippen LogP contribution >= 0.6 is 27.5 Å². The third-order valence-corrected chi connectivity index (χ3v) is 9.34. The lowest BCUT2D eigenvalue weighted by atomic mass is 10.1. The molecule has 0 spiro atoms. The number of sulfonamides is 1. The summed E-state index contributed by atoms with van der Waals surface area (Å²) in [7, 11) is -4.55. The molecule has 43 heavy (non-hydrogen) atoms. The molecule has 1 N–H and O–H groups in total. The number of nitrogens with zero attached hydrogens (tertiary/aromatic N) is 2. The number of rotatable bonds is 12. The lowest BCUT2D eigenvalue weighted by Gasteiger charge is -2.32. The molecule has 0 saturated carbocycles. The summed E-state index contributed by atoms with van der Waals surface area (Å²) in [6, 6.07) is 14.3. The largest absolute Gasteiger partial charge is 0.417 e. The minimum Gasteiger partial charge on any atom is -0.354 e. The topological polar surface area (TPSA) is 86.8 Å². The van der Waals surface area contributed by atoms with Crippen LogP contribution in [0.2, 0.25) is 5.02 Å². The highest BCUT2D eigenvalue weighted by Gasteiger charge is 2.37. The van der Waals surface area contributed by atoms with Crippen LogP contribution in [0.4, 0.5) is 18.9 Å². The highest BCUT2D eigenvalue weighted by molar-refractivity contribution is 9.10. The van der Waals surface area contributed by atoms with Crippen LogP contribution in [0.1, 0.15) is 43.4 Å². The van der Waals surface area contributed by atoms with Crippen molar-refractivity contribution in [2.45, 2.75) is 57.3 Å². The number of alkyl halides is 3. The Balaban J connectivity index is 2.09. The Morgan fingerprint density at radius 2 is 1.65 bits per heavy atom. The fraction of sp³-hybridized carbons (Fsp3) is 0.333. The molecule has 0 aromatic heterocycles. The minimum absolute atomic E-state index is 0.0542. The molecule has 7 nitrogen and oxygen atoms in total. The van der Waals surface area contributed by atoms with Crippen LogP contribution in [0.15, 0.2) is 76.1 Å². The van der Waals surface area contributed by atoms with Gasteiger partial charge in [0.15, 0.2) is 0 Å². The van der Waals surface area contributed by atoms with Gasteiger partial charge >= 0.3 is 6.18 Å². The molecule has 0 aliphatic carbocycles. The van der Waals surface area contributed by atoms with Crippen molar-refractivity contribution in [2.75, 3.05) is 17.4 Å². The van der Waals surface area contributed by atoms with E-state index in [4.69, 9.17) is 11.6 Å². The Hall–Kier alpha value is -3.09. The molecule has 3 aromatic carbocycles. The maximum Gasteiger partial charge on any atom is 0.417 e. The van der Waals surface area contributed by atoms with Gasteiger partial charge in [-0.1, -0.05) is 70.7 Å². The molecule has 3 aromatic rings. The quantitative estimate of drug-likeness (QED) is 0.207. The van der Waals surface area contributed by atoms with Gasteiger partial charge in [0.05, 0.1) is 21.2 Å². The zero-order valence-electron chi connectivity index (χ0n) is 23.8. The summed E-state index contributed by atoms with van der Waals surface area (Å²) >= 11 is 9.16. The van der Waals surface area contributed by atoms with Gasteiger partial charge in [-0.25, -0.2) is 8.42 Å². The highest BCUT2D eigenvalue weighted by Crippen LogP contribution is 2.38. The zero-order valence-corrected chi connectivity index (χ0v) is 26.9. The van der Waals surface area contributed by atoms with Gasteiger partial charge < -0.3 is 10.2 Å². The second kappa shape index (κ2) is 14.6. The van der Waals surface area contributed by atoms with Gasteiger partial charge in [-0.05, 0) is 68.3 Å². The normalized spacial score (nSPS) is 12.5. The standard InChI is InChI=1S/C30H32BrClF3N3O4S/c1-4-5-16-36-29(40)21(3)37(18-22-8-10-23(31)11-9-22)28(39)19-38(43(41,42)25-13-6-20(2)7-14-25)24-12-15-27(32)26(17-24)30(33,34)35/h6-15,17,21H,4-5,16,18-19H2,1-3H3,(H,36,40). The summed E-state index contributed by atoms with van der Waals surface area (Å²) < 4.78 is 70.5. The van der Waals surface area contributed by atoms with E-state index in [1.165, 1.54) is 24.0 Å². The SMILES string of the molecule is CCCCNC(=O)C(C)N(Cc1ccc(Br)cc1)C(=O)CN(c1ccc(Cl)c(C(F)(F)F)c1)S(=O)(=O)c1ccc(C)cc1. The van der Waals surface area contributed by atoms with Crippen molar-refractivity contribution in [2.24, 2.45) is 0 Å². The van der Waals surface area contributed by atoms with Crippen LogP contribution in [0.5, 0.6) is 0 Å². The van der Waals surface area contributed by atoms with Gasteiger partial charge in [-0.3, -0.25) is 13.9 Å². The number of carbonyl (C=O) groups is 2. The maximum absolute atomic E-state index is 13.9. The Kier molecular flexibility index (Phi) is 11.7. The molecule has 0 aliphatic rings.